The third-order valence-corrected chi connectivity index (χ3v) is 8.50. The van der Waals surface area contributed by atoms with Gasteiger partial charge in [-0.1, -0.05) is 47.6 Å². The Balaban J connectivity index is 1.07. The van der Waals surface area contributed by atoms with Gasteiger partial charge in [-0.2, -0.15) is 13.2 Å². The van der Waals surface area contributed by atoms with Gasteiger partial charge in [-0.3, -0.25) is 4.79 Å². The van der Waals surface area contributed by atoms with Crippen molar-refractivity contribution in [2.75, 3.05) is 0 Å². The quantitative estimate of drug-likeness (QED) is 0.219. The molecule has 2 aliphatic rings. The number of nitrogens with zero attached hydrogens (tertiary/aromatic N) is 2. The van der Waals surface area contributed by atoms with Crippen LogP contribution in [-0.2, 0) is 11.9 Å². The van der Waals surface area contributed by atoms with Crippen molar-refractivity contribution in [2.45, 2.75) is 61.0 Å². The predicted octanol–water partition coefficient (Wildman–Crippen LogP) is 8.01. The van der Waals surface area contributed by atoms with E-state index in [1.807, 2.05) is 41.3 Å². The van der Waals surface area contributed by atoms with E-state index < -0.39 is 11.7 Å². The monoisotopic (exact) mass is 572 g/mol. The number of halogens is 4. The molecule has 5 nitrogen and oxygen atoms in total. The molecule has 202 valence electrons. The molecule has 3 aromatic carbocycles. The highest BCUT2D eigenvalue weighted by atomic mass is 35.5. The highest BCUT2D eigenvalue weighted by molar-refractivity contribution is 7.98. The van der Waals surface area contributed by atoms with Crippen molar-refractivity contribution in [3.8, 4) is 5.75 Å². The van der Waals surface area contributed by atoms with Crippen LogP contribution in [0.5, 0.6) is 5.75 Å². The van der Waals surface area contributed by atoms with Crippen molar-refractivity contribution in [1.82, 2.24) is 9.88 Å². The summed E-state index contributed by atoms with van der Waals surface area (Å²) in [6, 6.07) is 18.0. The number of hydrogen-bond donors (Lipinski definition) is 0. The van der Waals surface area contributed by atoms with Crippen molar-refractivity contribution in [3.05, 3.63) is 88.4 Å². The summed E-state index contributed by atoms with van der Waals surface area (Å²) in [7, 11) is 0. The molecule has 2 fully saturated rings. The molecular weight excluding hydrogens is 549 g/mol. The zero-order valence-electron chi connectivity index (χ0n) is 20.7. The molecule has 1 amide bonds. The first-order valence-corrected chi connectivity index (χ1v) is 14.0. The molecule has 0 aliphatic carbocycles. The number of oxazole rings is 1. The number of para-hydroxylation sites is 1. The summed E-state index contributed by atoms with van der Waals surface area (Å²) in [6.45, 7) is 0. The van der Waals surface area contributed by atoms with E-state index >= 15 is 0 Å². The van der Waals surface area contributed by atoms with Gasteiger partial charge in [0, 0.05) is 36.2 Å². The van der Waals surface area contributed by atoms with Gasteiger partial charge in [-0.05, 0) is 60.9 Å². The number of benzene rings is 3. The number of amides is 1. The number of fused-ring (bicyclic) bond motifs is 3. The van der Waals surface area contributed by atoms with E-state index in [0.717, 1.165) is 30.5 Å². The molecule has 6 rings (SSSR count). The predicted molar refractivity (Wildman–Crippen MR) is 143 cm³/mol. The summed E-state index contributed by atoms with van der Waals surface area (Å²) in [4.78, 5) is 19.8. The first-order chi connectivity index (χ1) is 18.7. The SMILES string of the molecule is O=C(c1ccc(CSc2nc3cccc(Cl)c3o2)cc1)N1C2CCC1CC(Oc1cccc(C(F)(F)F)c1)C2. The van der Waals surface area contributed by atoms with Crippen molar-refractivity contribution >= 4 is 40.4 Å². The summed E-state index contributed by atoms with van der Waals surface area (Å²) in [5.74, 6) is 0.818. The average Bonchev–Trinajstić information content (AvgIpc) is 3.46. The van der Waals surface area contributed by atoms with Crippen LogP contribution in [0.15, 0.2) is 76.4 Å². The lowest BCUT2D eigenvalue weighted by atomic mass is 9.98. The molecule has 2 unspecified atom stereocenters. The molecule has 0 spiro atoms. The summed E-state index contributed by atoms with van der Waals surface area (Å²) < 4.78 is 50.9. The van der Waals surface area contributed by atoms with Crippen molar-refractivity contribution < 1.29 is 27.1 Å². The fourth-order valence-electron chi connectivity index (χ4n) is 5.49. The van der Waals surface area contributed by atoms with Crippen LogP contribution in [0.1, 0.15) is 47.2 Å². The standard InChI is InChI=1S/C29H24ClF3N2O3S/c30-24-5-2-6-25-26(24)38-28(34-25)39-16-17-7-9-18(10-8-17)27(36)35-20-11-12-21(35)15-23(14-20)37-22-4-1-3-19(13-22)29(31,32)33/h1-10,13,20-21,23H,11-12,14-16H2. The van der Waals surface area contributed by atoms with Crippen molar-refractivity contribution in [2.24, 2.45) is 0 Å². The number of aromatic nitrogens is 1. The molecule has 0 N–H and O–H groups in total. The van der Waals surface area contributed by atoms with E-state index in [4.69, 9.17) is 20.8 Å². The minimum atomic E-state index is -4.42. The molecule has 3 heterocycles. The number of alkyl halides is 3. The van der Waals surface area contributed by atoms with E-state index in [2.05, 4.69) is 4.98 Å². The minimum Gasteiger partial charge on any atom is -0.490 e. The Hall–Kier alpha value is -3.17. The average molecular weight is 573 g/mol. The van der Waals surface area contributed by atoms with E-state index in [1.165, 1.54) is 17.8 Å². The van der Waals surface area contributed by atoms with Crippen LogP contribution in [0.2, 0.25) is 5.02 Å². The maximum Gasteiger partial charge on any atom is 0.416 e. The van der Waals surface area contributed by atoms with Crippen LogP contribution < -0.4 is 4.74 Å². The Morgan fingerprint density at radius 1 is 1.05 bits per heavy atom. The van der Waals surface area contributed by atoms with Crippen LogP contribution in [0.3, 0.4) is 0 Å². The molecule has 2 aliphatic heterocycles. The van der Waals surface area contributed by atoms with Gasteiger partial charge in [-0.25, -0.2) is 4.98 Å². The highest BCUT2D eigenvalue weighted by Gasteiger charge is 2.44. The Labute approximate surface area is 232 Å². The van der Waals surface area contributed by atoms with Crippen LogP contribution in [-0.4, -0.2) is 34.0 Å². The van der Waals surface area contributed by atoms with Crippen LogP contribution in [0.25, 0.3) is 11.1 Å². The van der Waals surface area contributed by atoms with E-state index in [9.17, 15) is 18.0 Å². The molecule has 39 heavy (non-hydrogen) atoms. The number of thioether (sulfide) groups is 1. The third-order valence-electron chi connectivity index (χ3n) is 7.30. The highest BCUT2D eigenvalue weighted by Crippen LogP contribution is 2.39. The van der Waals surface area contributed by atoms with Gasteiger partial charge in [0.05, 0.1) is 10.6 Å². The largest absolute Gasteiger partial charge is 0.490 e. The third kappa shape index (κ3) is 5.47. The van der Waals surface area contributed by atoms with Gasteiger partial charge in [0.15, 0.2) is 5.58 Å². The van der Waals surface area contributed by atoms with Gasteiger partial charge in [-0.15, -0.1) is 0 Å². The zero-order valence-corrected chi connectivity index (χ0v) is 22.2. The Bertz CT molecular complexity index is 1490. The summed E-state index contributed by atoms with van der Waals surface area (Å²) >= 11 is 7.62. The first-order valence-electron chi connectivity index (χ1n) is 12.7. The number of rotatable bonds is 6. The molecule has 0 radical (unpaired) electrons. The van der Waals surface area contributed by atoms with Crippen molar-refractivity contribution in [1.29, 1.82) is 0 Å². The first kappa shape index (κ1) is 26.1. The van der Waals surface area contributed by atoms with Gasteiger partial charge in [0.25, 0.3) is 11.1 Å². The number of carbonyl (C=O) groups excluding carboxylic acids is 1. The smallest absolute Gasteiger partial charge is 0.416 e. The molecule has 0 saturated carbocycles. The Morgan fingerprint density at radius 2 is 1.77 bits per heavy atom. The normalized spacial score (nSPS) is 20.9. The van der Waals surface area contributed by atoms with Crippen molar-refractivity contribution in [3.63, 3.8) is 0 Å². The topological polar surface area (TPSA) is 55.6 Å². The van der Waals surface area contributed by atoms with Gasteiger partial charge in [0.2, 0.25) is 0 Å². The van der Waals surface area contributed by atoms with E-state index in [1.54, 1.807) is 12.1 Å². The van der Waals surface area contributed by atoms with E-state index in [0.29, 0.717) is 45.5 Å². The summed E-state index contributed by atoms with van der Waals surface area (Å²) in [6.07, 6.45) is -1.72. The number of hydrogen-bond acceptors (Lipinski definition) is 5. The second-order valence-electron chi connectivity index (χ2n) is 9.89. The zero-order chi connectivity index (χ0) is 27.1. The van der Waals surface area contributed by atoms with Crippen LogP contribution >= 0.6 is 23.4 Å². The summed E-state index contributed by atoms with van der Waals surface area (Å²) in [5, 5.41) is 1.06. The van der Waals surface area contributed by atoms with Gasteiger partial charge < -0.3 is 14.1 Å². The molecule has 10 heteroatoms. The number of piperidine rings is 1. The molecule has 2 atom stereocenters. The number of ether oxygens (including phenoxy) is 1. The molecule has 2 saturated heterocycles. The maximum absolute atomic E-state index is 13.4. The second-order valence-corrected chi connectivity index (χ2v) is 11.2. The fraction of sp³-hybridized carbons (Fsp3) is 0.310. The molecule has 1 aromatic heterocycles. The van der Waals surface area contributed by atoms with Gasteiger partial charge in [0.1, 0.15) is 17.4 Å². The second kappa shape index (κ2) is 10.4. The molecule has 4 aromatic rings. The van der Waals surface area contributed by atoms with E-state index in [-0.39, 0.29) is 29.8 Å². The maximum atomic E-state index is 13.4. The number of carbonyl (C=O) groups is 1. The van der Waals surface area contributed by atoms with Crippen LogP contribution in [0.4, 0.5) is 13.2 Å². The molecular formula is C29H24ClF3N2O3S. The lowest BCUT2D eigenvalue weighted by Gasteiger charge is -2.39. The van der Waals surface area contributed by atoms with Gasteiger partial charge >= 0.3 is 6.18 Å². The van der Waals surface area contributed by atoms with Crippen LogP contribution in [0, 0.1) is 0 Å². The molecule has 2 bridgehead atoms. The fourth-order valence-corrected chi connectivity index (χ4v) is 6.48. The minimum absolute atomic E-state index is 0.00765. The Morgan fingerprint density at radius 3 is 2.46 bits per heavy atom. The summed E-state index contributed by atoms with van der Waals surface area (Å²) in [5.41, 5.74) is 2.20. The lowest BCUT2D eigenvalue weighted by molar-refractivity contribution is -0.137. The lowest BCUT2D eigenvalue weighted by Crippen LogP contribution is -2.49. The Kier molecular flexibility index (Phi) is 6.97.